The summed E-state index contributed by atoms with van der Waals surface area (Å²) in [5.74, 6) is -0.502. The summed E-state index contributed by atoms with van der Waals surface area (Å²) in [5, 5.41) is 8.79. The largest absolute Gasteiger partial charge is 0.483 e. The van der Waals surface area contributed by atoms with Crippen molar-refractivity contribution in [1.29, 1.82) is 0 Å². The van der Waals surface area contributed by atoms with Crippen LogP contribution in [0.5, 0.6) is 5.75 Å². The molecule has 172 valence electrons. The molecule has 2 aromatic carbocycles. The molecule has 33 heavy (non-hydrogen) atoms. The summed E-state index contributed by atoms with van der Waals surface area (Å²) in [4.78, 5) is 25.7. The van der Waals surface area contributed by atoms with Crippen LogP contribution < -0.4 is 15.4 Å². The summed E-state index contributed by atoms with van der Waals surface area (Å²) in [6.45, 7) is 4.33. The number of hydrogen-bond donors (Lipinski definition) is 1. The fourth-order valence-electron chi connectivity index (χ4n) is 2.98. The fraction of sp³-hybridized carbons (Fsp3) is 0.217. The van der Waals surface area contributed by atoms with Gasteiger partial charge in [0.05, 0.1) is 5.75 Å². The van der Waals surface area contributed by atoms with Crippen LogP contribution in [0.4, 0.5) is 10.1 Å². The first kappa shape index (κ1) is 24.0. The molecule has 0 atom stereocenters. The van der Waals surface area contributed by atoms with Crippen molar-refractivity contribution in [2.45, 2.75) is 24.7 Å². The third-order valence-corrected chi connectivity index (χ3v) is 5.53. The maximum absolute atomic E-state index is 13.8. The lowest BCUT2D eigenvalue weighted by Crippen LogP contribution is -2.35. The highest BCUT2D eigenvalue weighted by Crippen LogP contribution is 2.22. The van der Waals surface area contributed by atoms with Crippen LogP contribution in [0.3, 0.4) is 0 Å². The first-order valence-electron chi connectivity index (χ1n) is 10.2. The van der Waals surface area contributed by atoms with Crippen molar-refractivity contribution < 1.29 is 18.7 Å². The van der Waals surface area contributed by atoms with Gasteiger partial charge in [-0.05, 0) is 24.3 Å². The zero-order chi connectivity index (χ0) is 23.6. The van der Waals surface area contributed by atoms with Crippen LogP contribution in [0.15, 0.2) is 72.4 Å². The monoisotopic (exact) mass is 469 g/mol. The lowest BCUT2D eigenvalue weighted by molar-refractivity contribution is -0.118. The first-order valence-corrected chi connectivity index (χ1v) is 11.1. The molecule has 0 aliphatic heterocycles. The number of benzene rings is 2. The Labute approximate surface area is 195 Å². The standard InChI is InChI=1S/C23H24FN5O3S/c1-2-13-29-21(15-32-19-11-7-6-10-18(19)24)26-27-23(29)33-16-22(31)28(14-12-20(25)30)17-8-4-3-5-9-17/h2-11H,1,12-16H2,(H2,25,30). The highest BCUT2D eigenvalue weighted by atomic mass is 32.2. The topological polar surface area (TPSA) is 103 Å². The molecule has 8 nitrogen and oxygen atoms in total. The normalized spacial score (nSPS) is 10.6. The number of ether oxygens (including phenoxy) is 1. The average Bonchev–Trinajstić information content (AvgIpc) is 3.19. The number of para-hydroxylation sites is 2. The summed E-state index contributed by atoms with van der Waals surface area (Å²) in [6, 6.07) is 15.2. The Balaban J connectivity index is 1.70. The number of aromatic nitrogens is 3. The quantitative estimate of drug-likeness (QED) is 0.323. The Hall–Kier alpha value is -3.66. The Morgan fingerprint density at radius 3 is 2.58 bits per heavy atom. The molecule has 0 spiro atoms. The van der Waals surface area contributed by atoms with E-state index in [9.17, 15) is 14.0 Å². The molecule has 1 aromatic heterocycles. The van der Waals surface area contributed by atoms with Gasteiger partial charge in [-0.1, -0.05) is 48.2 Å². The summed E-state index contributed by atoms with van der Waals surface area (Å²) in [6.07, 6.45) is 1.72. The minimum atomic E-state index is -0.485. The van der Waals surface area contributed by atoms with Crippen LogP contribution in [0.1, 0.15) is 12.2 Å². The maximum Gasteiger partial charge on any atom is 0.237 e. The van der Waals surface area contributed by atoms with Crippen LogP contribution in [0.2, 0.25) is 0 Å². The Kier molecular flexibility index (Phi) is 8.59. The van der Waals surface area contributed by atoms with Gasteiger partial charge in [-0.2, -0.15) is 0 Å². The predicted octanol–water partition coefficient (Wildman–Crippen LogP) is 3.18. The predicted molar refractivity (Wildman–Crippen MR) is 124 cm³/mol. The van der Waals surface area contributed by atoms with E-state index in [1.807, 2.05) is 18.2 Å². The number of hydrogen-bond acceptors (Lipinski definition) is 6. The third kappa shape index (κ3) is 6.66. The molecule has 0 saturated carbocycles. The number of rotatable bonds is 12. The second kappa shape index (κ2) is 11.8. The lowest BCUT2D eigenvalue weighted by Gasteiger charge is -2.22. The molecule has 10 heteroatoms. The molecule has 0 saturated heterocycles. The van der Waals surface area contributed by atoms with E-state index in [0.717, 1.165) is 0 Å². The SMILES string of the molecule is C=CCn1c(COc2ccccc2F)nnc1SCC(=O)N(CCC(N)=O)c1ccccc1. The summed E-state index contributed by atoms with van der Waals surface area (Å²) in [5.41, 5.74) is 5.95. The van der Waals surface area contributed by atoms with Gasteiger partial charge in [0, 0.05) is 25.2 Å². The Bertz CT molecular complexity index is 1110. The van der Waals surface area contributed by atoms with E-state index in [0.29, 0.717) is 23.2 Å². The summed E-state index contributed by atoms with van der Waals surface area (Å²) < 4.78 is 21.1. The molecule has 3 aromatic rings. The van der Waals surface area contributed by atoms with Crippen LogP contribution in [-0.4, -0.2) is 38.9 Å². The molecule has 0 unspecified atom stereocenters. The molecule has 0 aliphatic carbocycles. The lowest BCUT2D eigenvalue weighted by atomic mass is 10.2. The average molecular weight is 470 g/mol. The molecular weight excluding hydrogens is 445 g/mol. The molecule has 0 bridgehead atoms. The van der Waals surface area contributed by atoms with Crippen molar-refractivity contribution in [2.24, 2.45) is 5.73 Å². The molecule has 1 heterocycles. The minimum absolute atomic E-state index is 0.00499. The van der Waals surface area contributed by atoms with Gasteiger partial charge in [-0.25, -0.2) is 4.39 Å². The molecule has 3 rings (SSSR count). The fourth-order valence-corrected chi connectivity index (χ4v) is 3.82. The number of carbonyl (C=O) groups is 2. The smallest absolute Gasteiger partial charge is 0.237 e. The second-order valence-corrected chi connectivity index (χ2v) is 7.85. The van der Waals surface area contributed by atoms with Gasteiger partial charge >= 0.3 is 0 Å². The third-order valence-electron chi connectivity index (χ3n) is 4.57. The molecular formula is C23H24FN5O3S. The van der Waals surface area contributed by atoms with E-state index in [4.69, 9.17) is 10.5 Å². The second-order valence-electron chi connectivity index (χ2n) is 6.90. The number of allylic oxidation sites excluding steroid dienone is 1. The number of nitrogens with two attached hydrogens (primary N) is 1. The number of primary amides is 1. The van der Waals surface area contributed by atoms with E-state index in [-0.39, 0.29) is 37.0 Å². The van der Waals surface area contributed by atoms with E-state index in [2.05, 4.69) is 16.8 Å². The molecule has 0 fully saturated rings. The molecule has 0 radical (unpaired) electrons. The van der Waals surface area contributed by atoms with E-state index in [1.54, 1.807) is 34.9 Å². The van der Waals surface area contributed by atoms with E-state index < -0.39 is 11.7 Å². The number of anilines is 1. The molecule has 2 amide bonds. The maximum atomic E-state index is 13.8. The minimum Gasteiger partial charge on any atom is -0.483 e. The van der Waals surface area contributed by atoms with Crippen molar-refractivity contribution in [1.82, 2.24) is 14.8 Å². The van der Waals surface area contributed by atoms with Gasteiger partial charge < -0.3 is 15.4 Å². The van der Waals surface area contributed by atoms with Gasteiger partial charge in [0.25, 0.3) is 0 Å². The van der Waals surface area contributed by atoms with Crippen molar-refractivity contribution in [2.75, 3.05) is 17.2 Å². The molecule has 0 aliphatic rings. The van der Waals surface area contributed by atoms with Crippen LogP contribution in [-0.2, 0) is 22.7 Å². The Morgan fingerprint density at radius 1 is 1.15 bits per heavy atom. The number of nitrogens with zero attached hydrogens (tertiary/aromatic N) is 4. The van der Waals surface area contributed by atoms with Crippen molar-refractivity contribution in [3.63, 3.8) is 0 Å². The summed E-state index contributed by atoms with van der Waals surface area (Å²) >= 11 is 1.20. The van der Waals surface area contributed by atoms with Crippen LogP contribution in [0.25, 0.3) is 0 Å². The first-order chi connectivity index (χ1) is 16.0. The van der Waals surface area contributed by atoms with Gasteiger partial charge in [-0.3, -0.25) is 14.2 Å². The highest BCUT2D eigenvalue weighted by Gasteiger charge is 2.19. The Morgan fingerprint density at radius 2 is 1.88 bits per heavy atom. The zero-order valence-corrected chi connectivity index (χ0v) is 18.7. The van der Waals surface area contributed by atoms with Gasteiger partial charge in [0.1, 0.15) is 6.61 Å². The highest BCUT2D eigenvalue weighted by molar-refractivity contribution is 7.99. The van der Waals surface area contributed by atoms with Gasteiger partial charge in [0.15, 0.2) is 22.5 Å². The van der Waals surface area contributed by atoms with Crippen LogP contribution in [0, 0.1) is 5.82 Å². The van der Waals surface area contributed by atoms with Crippen molar-refractivity contribution in [3.05, 3.63) is 78.9 Å². The molecule has 2 N–H and O–H groups in total. The number of thioether (sulfide) groups is 1. The number of amides is 2. The number of carbonyl (C=O) groups excluding carboxylic acids is 2. The summed E-state index contributed by atoms with van der Waals surface area (Å²) in [7, 11) is 0. The number of halogens is 1. The zero-order valence-electron chi connectivity index (χ0n) is 17.9. The van der Waals surface area contributed by atoms with Crippen molar-refractivity contribution >= 4 is 29.3 Å². The van der Waals surface area contributed by atoms with Crippen molar-refractivity contribution in [3.8, 4) is 5.75 Å². The van der Waals surface area contributed by atoms with Gasteiger partial charge in [-0.15, -0.1) is 16.8 Å². The van der Waals surface area contributed by atoms with E-state index in [1.165, 1.54) is 28.8 Å². The van der Waals surface area contributed by atoms with Crippen LogP contribution >= 0.6 is 11.8 Å². The van der Waals surface area contributed by atoms with E-state index >= 15 is 0 Å². The van der Waals surface area contributed by atoms with Gasteiger partial charge in [0.2, 0.25) is 11.8 Å².